The number of nitrogens with zero attached hydrogens (tertiary/aromatic N) is 6. The lowest BCUT2D eigenvalue weighted by Crippen LogP contribution is -2.45. The average Bonchev–Trinajstić information content (AvgIpc) is 2.99. The molecule has 0 bridgehead atoms. The number of rotatable bonds is 4. The van der Waals surface area contributed by atoms with E-state index in [1.165, 1.54) is 0 Å². The molecule has 1 saturated heterocycles. The first-order valence-electron chi connectivity index (χ1n) is 9.88. The van der Waals surface area contributed by atoms with Crippen LogP contribution in [0.4, 0.5) is 5.82 Å². The molecule has 0 spiro atoms. The molecule has 0 unspecified atom stereocenters. The Hall–Kier alpha value is -1.93. The normalized spacial score (nSPS) is 15.5. The van der Waals surface area contributed by atoms with Gasteiger partial charge in [0, 0.05) is 31.7 Å². The minimum absolute atomic E-state index is 0. The van der Waals surface area contributed by atoms with Crippen molar-refractivity contribution < 1.29 is 5.11 Å². The molecule has 3 heterocycles. The van der Waals surface area contributed by atoms with Gasteiger partial charge in [-0.2, -0.15) is 0 Å². The van der Waals surface area contributed by atoms with Gasteiger partial charge < -0.3 is 19.5 Å². The monoisotopic (exact) mass is 450 g/mol. The summed E-state index contributed by atoms with van der Waals surface area (Å²) >= 11 is 6.50. The lowest BCUT2D eigenvalue weighted by molar-refractivity contribution is 0.0629. The molecule has 7 nitrogen and oxygen atoms in total. The molecule has 0 aliphatic carbocycles. The maximum absolute atomic E-state index is 10.6. The van der Waals surface area contributed by atoms with Crippen LogP contribution in [0.3, 0.4) is 0 Å². The van der Waals surface area contributed by atoms with Gasteiger partial charge in [-0.05, 0) is 40.0 Å². The SMILES string of the molecule is Cc1nc(N2CCN(C)CC2)c2nc(-c3ccccc3Cl)n(CC(C)(C)O)c2n1.Cl. The first kappa shape index (κ1) is 22.7. The smallest absolute Gasteiger partial charge is 0.166 e. The van der Waals surface area contributed by atoms with Crippen LogP contribution in [0.2, 0.25) is 5.02 Å². The molecule has 1 N–H and O–H groups in total. The lowest BCUT2D eigenvalue weighted by atomic mass is 10.1. The maximum Gasteiger partial charge on any atom is 0.166 e. The van der Waals surface area contributed by atoms with Crippen LogP contribution in [0.25, 0.3) is 22.6 Å². The van der Waals surface area contributed by atoms with Crippen LogP contribution in [0.15, 0.2) is 24.3 Å². The molecule has 0 radical (unpaired) electrons. The maximum atomic E-state index is 10.6. The molecule has 162 valence electrons. The fourth-order valence-corrected chi connectivity index (χ4v) is 3.94. The molecule has 9 heteroatoms. The minimum Gasteiger partial charge on any atom is -0.389 e. The molecule has 30 heavy (non-hydrogen) atoms. The predicted octanol–water partition coefficient (Wildman–Crippen LogP) is 3.40. The van der Waals surface area contributed by atoms with Crippen molar-refractivity contribution in [3.63, 3.8) is 0 Å². The summed E-state index contributed by atoms with van der Waals surface area (Å²) in [4.78, 5) is 19.0. The van der Waals surface area contributed by atoms with Gasteiger partial charge in [0.2, 0.25) is 0 Å². The number of hydrogen-bond acceptors (Lipinski definition) is 6. The van der Waals surface area contributed by atoms with Gasteiger partial charge in [-0.15, -0.1) is 12.4 Å². The van der Waals surface area contributed by atoms with Gasteiger partial charge in [0.25, 0.3) is 0 Å². The number of aromatic nitrogens is 4. The van der Waals surface area contributed by atoms with E-state index >= 15 is 0 Å². The number of fused-ring (bicyclic) bond motifs is 1. The molecule has 0 saturated carbocycles. The molecular formula is C21H28Cl2N6O. The molecule has 1 fully saturated rings. The van der Waals surface area contributed by atoms with E-state index in [-0.39, 0.29) is 12.4 Å². The summed E-state index contributed by atoms with van der Waals surface area (Å²) in [7, 11) is 2.13. The van der Waals surface area contributed by atoms with Crippen molar-refractivity contribution in [1.29, 1.82) is 0 Å². The number of hydrogen-bond donors (Lipinski definition) is 1. The second-order valence-corrected chi connectivity index (χ2v) is 8.78. The van der Waals surface area contributed by atoms with Gasteiger partial charge in [-0.25, -0.2) is 15.0 Å². The first-order chi connectivity index (χ1) is 13.7. The lowest BCUT2D eigenvalue weighted by Gasteiger charge is -2.33. The largest absolute Gasteiger partial charge is 0.389 e. The number of aryl methyl sites for hydroxylation is 1. The summed E-state index contributed by atoms with van der Waals surface area (Å²) < 4.78 is 1.96. The fraction of sp³-hybridized carbons (Fsp3) is 0.476. The number of likely N-dealkylation sites (N-methyl/N-ethyl adjacent to an activating group) is 1. The number of halogens is 2. The first-order valence-corrected chi connectivity index (χ1v) is 10.3. The zero-order valence-electron chi connectivity index (χ0n) is 17.8. The second-order valence-electron chi connectivity index (χ2n) is 8.37. The molecule has 4 rings (SSSR count). The van der Waals surface area contributed by atoms with E-state index < -0.39 is 5.60 Å². The Labute approximate surface area is 188 Å². The van der Waals surface area contributed by atoms with Crippen LogP contribution in [0, 0.1) is 6.92 Å². The van der Waals surface area contributed by atoms with Crippen molar-refractivity contribution in [3.05, 3.63) is 35.1 Å². The van der Waals surface area contributed by atoms with Crippen LogP contribution >= 0.6 is 24.0 Å². The fourth-order valence-electron chi connectivity index (χ4n) is 3.72. The third-order valence-corrected chi connectivity index (χ3v) is 5.48. The summed E-state index contributed by atoms with van der Waals surface area (Å²) in [6, 6.07) is 7.63. The number of piperazine rings is 1. The molecule has 1 aliphatic rings. The third kappa shape index (κ3) is 4.54. The molecule has 0 atom stereocenters. The summed E-state index contributed by atoms with van der Waals surface area (Å²) in [6.45, 7) is 9.55. The van der Waals surface area contributed by atoms with Crippen molar-refractivity contribution >= 4 is 41.0 Å². The molecule has 1 aliphatic heterocycles. The summed E-state index contributed by atoms with van der Waals surface area (Å²) in [5, 5.41) is 11.2. The number of imidazole rings is 1. The molecule has 3 aromatic rings. The van der Waals surface area contributed by atoms with Gasteiger partial charge in [0.15, 0.2) is 17.0 Å². The van der Waals surface area contributed by atoms with Crippen LogP contribution < -0.4 is 4.90 Å². The predicted molar refractivity (Wildman–Crippen MR) is 124 cm³/mol. The van der Waals surface area contributed by atoms with Gasteiger partial charge in [-0.3, -0.25) is 0 Å². The Morgan fingerprint density at radius 3 is 2.37 bits per heavy atom. The summed E-state index contributed by atoms with van der Waals surface area (Å²) in [5.41, 5.74) is 1.36. The average molecular weight is 451 g/mol. The zero-order valence-corrected chi connectivity index (χ0v) is 19.3. The standard InChI is InChI=1S/C21H27ClN6O.ClH/c1-14-23-19(27-11-9-26(4)10-12-27)17-20(24-14)28(13-21(2,3)29)18(25-17)15-7-5-6-8-16(15)22;/h5-8,29H,9-13H2,1-4H3;1H. The topological polar surface area (TPSA) is 70.3 Å². The highest BCUT2D eigenvalue weighted by Gasteiger charge is 2.26. The van der Waals surface area contributed by atoms with Crippen molar-refractivity contribution in [1.82, 2.24) is 24.4 Å². The Balaban J connectivity index is 0.00000256. The van der Waals surface area contributed by atoms with Gasteiger partial charge in [0.1, 0.15) is 11.6 Å². The van der Waals surface area contributed by atoms with Crippen molar-refractivity contribution in [2.45, 2.75) is 32.9 Å². The van der Waals surface area contributed by atoms with Crippen LogP contribution in [0.1, 0.15) is 19.7 Å². The molecular weight excluding hydrogens is 423 g/mol. The van der Waals surface area contributed by atoms with E-state index in [0.29, 0.717) is 23.2 Å². The van der Waals surface area contributed by atoms with Crippen LogP contribution in [0.5, 0.6) is 0 Å². The van der Waals surface area contributed by atoms with E-state index in [1.54, 1.807) is 13.8 Å². The Morgan fingerprint density at radius 1 is 1.07 bits per heavy atom. The second kappa shape index (κ2) is 8.67. The Kier molecular flexibility index (Phi) is 6.57. The highest BCUT2D eigenvalue weighted by atomic mass is 35.5. The minimum atomic E-state index is -0.934. The summed E-state index contributed by atoms with van der Waals surface area (Å²) in [6.07, 6.45) is 0. The number of anilines is 1. The zero-order chi connectivity index (χ0) is 20.8. The van der Waals surface area contributed by atoms with Crippen LogP contribution in [-0.4, -0.2) is 68.4 Å². The van der Waals surface area contributed by atoms with E-state index in [0.717, 1.165) is 48.7 Å². The van der Waals surface area contributed by atoms with Crippen molar-refractivity contribution in [3.8, 4) is 11.4 Å². The highest BCUT2D eigenvalue weighted by Crippen LogP contribution is 2.33. The van der Waals surface area contributed by atoms with E-state index in [4.69, 9.17) is 26.6 Å². The quantitative estimate of drug-likeness (QED) is 0.656. The molecule has 2 aromatic heterocycles. The van der Waals surface area contributed by atoms with Gasteiger partial charge in [-0.1, -0.05) is 23.7 Å². The highest BCUT2D eigenvalue weighted by molar-refractivity contribution is 6.33. The molecule has 0 amide bonds. The third-order valence-electron chi connectivity index (χ3n) is 5.15. The van der Waals surface area contributed by atoms with E-state index in [2.05, 4.69) is 16.8 Å². The Morgan fingerprint density at radius 2 is 1.73 bits per heavy atom. The van der Waals surface area contributed by atoms with E-state index in [9.17, 15) is 5.11 Å². The summed E-state index contributed by atoms with van der Waals surface area (Å²) in [5.74, 6) is 2.24. The van der Waals surface area contributed by atoms with Crippen LogP contribution in [-0.2, 0) is 6.54 Å². The Bertz CT molecular complexity index is 1040. The van der Waals surface area contributed by atoms with Gasteiger partial charge in [0.05, 0.1) is 17.2 Å². The van der Waals surface area contributed by atoms with Crippen molar-refractivity contribution in [2.24, 2.45) is 0 Å². The number of aliphatic hydroxyl groups is 1. The van der Waals surface area contributed by atoms with E-state index in [1.807, 2.05) is 35.8 Å². The number of benzene rings is 1. The molecule has 1 aromatic carbocycles. The van der Waals surface area contributed by atoms with Gasteiger partial charge >= 0.3 is 0 Å². The van der Waals surface area contributed by atoms with Crippen molar-refractivity contribution in [2.75, 3.05) is 38.1 Å².